The molecule has 2 aliphatic carbocycles. The SMILES string of the molecule is CC[C@]12CCC(=O)C(CCC(=O)O)=C1CCC2=O. The highest BCUT2D eigenvalue weighted by atomic mass is 16.4. The third kappa shape index (κ3) is 1.89. The average Bonchev–Trinajstić information content (AvgIpc) is 2.66. The van der Waals surface area contributed by atoms with E-state index in [0.717, 1.165) is 12.0 Å². The second kappa shape index (κ2) is 4.67. The van der Waals surface area contributed by atoms with Crippen molar-refractivity contribution in [2.75, 3.05) is 0 Å². The van der Waals surface area contributed by atoms with Crippen LogP contribution < -0.4 is 0 Å². The molecule has 0 amide bonds. The Balaban J connectivity index is 2.38. The van der Waals surface area contributed by atoms with Gasteiger partial charge in [0.05, 0.1) is 5.41 Å². The zero-order valence-electron chi connectivity index (χ0n) is 10.6. The summed E-state index contributed by atoms with van der Waals surface area (Å²) in [6.45, 7) is 1.98. The number of carbonyl (C=O) groups is 3. The van der Waals surface area contributed by atoms with Crippen molar-refractivity contribution in [3.8, 4) is 0 Å². The number of carbonyl (C=O) groups excluding carboxylic acids is 2. The number of hydrogen-bond acceptors (Lipinski definition) is 3. The number of allylic oxidation sites excluding steroid dienone is 2. The molecule has 4 nitrogen and oxygen atoms in total. The van der Waals surface area contributed by atoms with Gasteiger partial charge in [-0.15, -0.1) is 0 Å². The van der Waals surface area contributed by atoms with E-state index in [-0.39, 0.29) is 24.4 Å². The number of rotatable bonds is 4. The van der Waals surface area contributed by atoms with Crippen molar-refractivity contribution < 1.29 is 19.5 Å². The highest BCUT2D eigenvalue weighted by Gasteiger charge is 2.48. The molecule has 18 heavy (non-hydrogen) atoms. The van der Waals surface area contributed by atoms with Gasteiger partial charge in [-0.2, -0.15) is 0 Å². The predicted octanol–water partition coefficient (Wildman–Crippen LogP) is 2.27. The lowest BCUT2D eigenvalue weighted by molar-refractivity contribution is -0.137. The molecule has 1 N–H and O–H groups in total. The van der Waals surface area contributed by atoms with Crippen molar-refractivity contribution >= 4 is 17.5 Å². The van der Waals surface area contributed by atoms with Gasteiger partial charge in [-0.1, -0.05) is 6.92 Å². The van der Waals surface area contributed by atoms with Gasteiger partial charge in [0.25, 0.3) is 0 Å². The van der Waals surface area contributed by atoms with Gasteiger partial charge in [0.15, 0.2) is 5.78 Å². The first kappa shape index (κ1) is 13.0. The standard InChI is InChI=1S/C14H18O4/c1-2-14-8-7-11(15)9(3-6-13(17)18)10(14)4-5-12(14)16/h2-8H2,1H3,(H,17,18)/t14-/m0/s1. The quantitative estimate of drug-likeness (QED) is 0.830. The first-order valence-corrected chi connectivity index (χ1v) is 6.52. The molecule has 0 bridgehead atoms. The van der Waals surface area contributed by atoms with Crippen LogP contribution >= 0.6 is 0 Å². The van der Waals surface area contributed by atoms with Crippen LogP contribution in [0.3, 0.4) is 0 Å². The van der Waals surface area contributed by atoms with E-state index in [1.165, 1.54) is 0 Å². The van der Waals surface area contributed by atoms with Crippen molar-refractivity contribution in [2.24, 2.45) is 5.41 Å². The molecule has 2 rings (SSSR count). The van der Waals surface area contributed by atoms with Crippen LogP contribution in [0.4, 0.5) is 0 Å². The zero-order valence-corrected chi connectivity index (χ0v) is 10.6. The molecular weight excluding hydrogens is 232 g/mol. The van der Waals surface area contributed by atoms with Gasteiger partial charge in [0.2, 0.25) is 0 Å². The Kier molecular flexibility index (Phi) is 3.37. The number of carboxylic acids is 1. The molecule has 0 radical (unpaired) electrons. The molecule has 0 heterocycles. The molecule has 0 saturated heterocycles. The van der Waals surface area contributed by atoms with Crippen LogP contribution in [0.15, 0.2) is 11.1 Å². The van der Waals surface area contributed by atoms with Crippen LogP contribution in [0.5, 0.6) is 0 Å². The Morgan fingerprint density at radius 1 is 1.28 bits per heavy atom. The smallest absolute Gasteiger partial charge is 0.303 e. The Labute approximate surface area is 106 Å². The maximum Gasteiger partial charge on any atom is 0.303 e. The fraction of sp³-hybridized carbons (Fsp3) is 0.643. The second-order valence-corrected chi connectivity index (χ2v) is 5.13. The third-order valence-electron chi connectivity index (χ3n) is 4.39. The van der Waals surface area contributed by atoms with Crippen LogP contribution in [-0.4, -0.2) is 22.6 Å². The van der Waals surface area contributed by atoms with E-state index >= 15 is 0 Å². The van der Waals surface area contributed by atoms with E-state index in [1.807, 2.05) is 6.92 Å². The van der Waals surface area contributed by atoms with Gasteiger partial charge in [-0.05, 0) is 36.8 Å². The maximum atomic E-state index is 12.1. The monoisotopic (exact) mass is 250 g/mol. The summed E-state index contributed by atoms with van der Waals surface area (Å²) in [6.07, 6.45) is 3.13. The molecule has 0 aromatic heterocycles. The summed E-state index contributed by atoms with van der Waals surface area (Å²) in [4.78, 5) is 34.7. The van der Waals surface area contributed by atoms with E-state index in [0.29, 0.717) is 31.3 Å². The molecule has 0 aromatic carbocycles. The molecule has 2 aliphatic rings. The van der Waals surface area contributed by atoms with E-state index in [2.05, 4.69) is 0 Å². The molecule has 0 aromatic rings. The summed E-state index contributed by atoms with van der Waals surface area (Å²) in [7, 11) is 0. The average molecular weight is 250 g/mol. The van der Waals surface area contributed by atoms with Crippen molar-refractivity contribution in [3.63, 3.8) is 0 Å². The topological polar surface area (TPSA) is 71.4 Å². The minimum absolute atomic E-state index is 0.0292. The van der Waals surface area contributed by atoms with Crippen molar-refractivity contribution in [1.29, 1.82) is 0 Å². The molecule has 0 unspecified atom stereocenters. The first-order valence-electron chi connectivity index (χ1n) is 6.52. The van der Waals surface area contributed by atoms with Gasteiger partial charge < -0.3 is 5.11 Å². The van der Waals surface area contributed by atoms with Crippen LogP contribution in [-0.2, 0) is 14.4 Å². The number of hydrogen-bond donors (Lipinski definition) is 1. The van der Waals surface area contributed by atoms with E-state index < -0.39 is 11.4 Å². The van der Waals surface area contributed by atoms with Crippen molar-refractivity contribution in [2.45, 2.75) is 51.9 Å². The van der Waals surface area contributed by atoms with Crippen molar-refractivity contribution in [3.05, 3.63) is 11.1 Å². The number of carboxylic acid groups (broad SMARTS) is 1. The molecule has 1 atom stereocenters. The molecule has 0 aliphatic heterocycles. The Hall–Kier alpha value is -1.45. The highest BCUT2D eigenvalue weighted by molar-refractivity contribution is 6.03. The Morgan fingerprint density at radius 3 is 2.61 bits per heavy atom. The highest BCUT2D eigenvalue weighted by Crippen LogP contribution is 2.51. The minimum Gasteiger partial charge on any atom is -0.481 e. The summed E-state index contributed by atoms with van der Waals surface area (Å²) < 4.78 is 0. The lowest BCUT2D eigenvalue weighted by Gasteiger charge is -2.33. The summed E-state index contributed by atoms with van der Waals surface area (Å²) >= 11 is 0. The summed E-state index contributed by atoms with van der Waals surface area (Å²) in [5.74, 6) is -0.613. The predicted molar refractivity (Wildman–Crippen MR) is 65.1 cm³/mol. The lowest BCUT2D eigenvalue weighted by atomic mass is 9.68. The molecular formula is C14H18O4. The van der Waals surface area contributed by atoms with E-state index in [1.54, 1.807) is 0 Å². The maximum absolute atomic E-state index is 12.1. The van der Waals surface area contributed by atoms with Crippen LogP contribution in [0.25, 0.3) is 0 Å². The molecule has 1 saturated carbocycles. The summed E-state index contributed by atoms with van der Waals surface area (Å²) in [5.41, 5.74) is 1.14. The number of Topliss-reactive ketones (excluding diaryl/α,β-unsaturated/α-hetero) is 2. The molecule has 1 fully saturated rings. The van der Waals surface area contributed by atoms with Gasteiger partial charge in [0.1, 0.15) is 5.78 Å². The lowest BCUT2D eigenvalue weighted by Crippen LogP contribution is -2.33. The van der Waals surface area contributed by atoms with Gasteiger partial charge in [-0.25, -0.2) is 0 Å². The van der Waals surface area contributed by atoms with Crippen LogP contribution in [0.1, 0.15) is 51.9 Å². The molecule has 4 heteroatoms. The zero-order chi connectivity index (χ0) is 13.3. The Bertz CT molecular complexity index is 447. The van der Waals surface area contributed by atoms with E-state index in [9.17, 15) is 14.4 Å². The number of fused-ring (bicyclic) bond motifs is 1. The molecule has 98 valence electrons. The number of aliphatic carboxylic acids is 1. The first-order chi connectivity index (χ1) is 8.51. The third-order valence-corrected chi connectivity index (χ3v) is 4.39. The number of ketones is 2. The fourth-order valence-corrected chi connectivity index (χ4v) is 3.37. The second-order valence-electron chi connectivity index (χ2n) is 5.13. The fourth-order valence-electron chi connectivity index (χ4n) is 3.37. The van der Waals surface area contributed by atoms with Crippen LogP contribution in [0, 0.1) is 5.41 Å². The van der Waals surface area contributed by atoms with Crippen LogP contribution in [0.2, 0.25) is 0 Å². The minimum atomic E-state index is -0.895. The summed E-state index contributed by atoms with van der Waals surface area (Å²) in [5, 5.41) is 8.74. The van der Waals surface area contributed by atoms with Gasteiger partial charge in [0, 0.05) is 19.3 Å². The molecule has 0 spiro atoms. The Morgan fingerprint density at radius 2 is 2.00 bits per heavy atom. The normalized spacial score (nSPS) is 27.6. The van der Waals surface area contributed by atoms with E-state index in [4.69, 9.17) is 5.11 Å². The van der Waals surface area contributed by atoms with Gasteiger partial charge >= 0.3 is 5.97 Å². The van der Waals surface area contributed by atoms with Crippen molar-refractivity contribution in [1.82, 2.24) is 0 Å². The summed E-state index contributed by atoms with van der Waals surface area (Å²) in [6, 6.07) is 0. The largest absolute Gasteiger partial charge is 0.481 e. The van der Waals surface area contributed by atoms with Gasteiger partial charge in [-0.3, -0.25) is 14.4 Å².